The third-order valence-electron chi connectivity index (χ3n) is 1.50. The fourth-order valence-corrected chi connectivity index (χ4v) is 0.948. The molecule has 0 amide bonds. The first kappa shape index (κ1) is 9.03. The molecular weight excluding hydrogens is 162 g/mol. The average molecular weight is 172 g/mol. The second kappa shape index (κ2) is 3.56. The van der Waals surface area contributed by atoms with Crippen LogP contribution in [0.15, 0.2) is 6.07 Å². The first-order valence-corrected chi connectivity index (χ1v) is 3.76. The molecule has 0 aliphatic carbocycles. The second-order valence-corrected chi connectivity index (χ2v) is 2.49. The summed E-state index contributed by atoms with van der Waals surface area (Å²) in [5.74, 6) is 0.407. The Morgan fingerprint density at radius 2 is 2.08 bits per heavy atom. The van der Waals surface area contributed by atoms with Crippen LogP contribution in [0.3, 0.4) is 0 Å². The lowest BCUT2D eigenvalue weighted by atomic mass is 10.2. The van der Waals surface area contributed by atoms with Crippen LogP contribution in [-0.4, -0.2) is 9.97 Å². The van der Waals surface area contributed by atoms with Gasteiger partial charge in [-0.15, -0.1) is 0 Å². The summed E-state index contributed by atoms with van der Waals surface area (Å²) < 4.78 is 24.3. The van der Waals surface area contributed by atoms with Crippen molar-refractivity contribution < 1.29 is 8.78 Å². The van der Waals surface area contributed by atoms with Crippen LogP contribution in [0.25, 0.3) is 0 Å². The highest BCUT2D eigenvalue weighted by Gasteiger charge is 2.10. The van der Waals surface area contributed by atoms with E-state index in [-0.39, 0.29) is 5.69 Å². The number of aromatic nitrogens is 2. The van der Waals surface area contributed by atoms with Gasteiger partial charge >= 0.3 is 0 Å². The Balaban J connectivity index is 3.06. The van der Waals surface area contributed by atoms with Gasteiger partial charge in [0, 0.05) is 5.69 Å². The first-order valence-electron chi connectivity index (χ1n) is 3.76. The molecule has 0 N–H and O–H groups in total. The monoisotopic (exact) mass is 172 g/mol. The molecule has 4 heteroatoms. The van der Waals surface area contributed by atoms with E-state index in [1.807, 2.05) is 6.92 Å². The predicted molar refractivity (Wildman–Crippen MR) is 41.1 cm³/mol. The molecule has 0 spiro atoms. The van der Waals surface area contributed by atoms with E-state index in [2.05, 4.69) is 9.97 Å². The van der Waals surface area contributed by atoms with Gasteiger partial charge in [0.1, 0.15) is 11.5 Å². The van der Waals surface area contributed by atoms with Crippen molar-refractivity contribution in [3.8, 4) is 0 Å². The third-order valence-corrected chi connectivity index (χ3v) is 1.50. The molecule has 0 aromatic carbocycles. The molecule has 12 heavy (non-hydrogen) atoms. The molecule has 1 aromatic rings. The third kappa shape index (κ3) is 1.96. The van der Waals surface area contributed by atoms with E-state index in [1.54, 1.807) is 6.92 Å². The van der Waals surface area contributed by atoms with Crippen molar-refractivity contribution >= 4 is 0 Å². The Kier molecular flexibility index (Phi) is 2.68. The van der Waals surface area contributed by atoms with Gasteiger partial charge in [0.25, 0.3) is 6.43 Å². The van der Waals surface area contributed by atoms with Crippen molar-refractivity contribution in [2.24, 2.45) is 0 Å². The topological polar surface area (TPSA) is 25.8 Å². The van der Waals surface area contributed by atoms with Gasteiger partial charge in [0.05, 0.1) is 0 Å². The zero-order chi connectivity index (χ0) is 9.14. The minimum absolute atomic E-state index is 0.181. The molecule has 66 valence electrons. The zero-order valence-electron chi connectivity index (χ0n) is 7.01. The van der Waals surface area contributed by atoms with Crippen LogP contribution in [-0.2, 0) is 6.42 Å². The number of hydrogen-bond acceptors (Lipinski definition) is 2. The van der Waals surface area contributed by atoms with Gasteiger partial charge in [-0.1, -0.05) is 6.92 Å². The Bertz CT molecular complexity index is 274. The van der Waals surface area contributed by atoms with E-state index in [1.165, 1.54) is 6.07 Å². The summed E-state index contributed by atoms with van der Waals surface area (Å²) >= 11 is 0. The van der Waals surface area contributed by atoms with Crippen molar-refractivity contribution in [2.45, 2.75) is 26.7 Å². The van der Waals surface area contributed by atoms with Crippen LogP contribution in [0.1, 0.15) is 30.6 Å². The fourth-order valence-electron chi connectivity index (χ4n) is 0.948. The fraction of sp³-hybridized carbons (Fsp3) is 0.500. The Morgan fingerprint density at radius 1 is 1.42 bits per heavy atom. The summed E-state index contributed by atoms with van der Waals surface area (Å²) in [6.45, 7) is 3.49. The quantitative estimate of drug-likeness (QED) is 0.684. The van der Waals surface area contributed by atoms with Crippen molar-refractivity contribution in [1.82, 2.24) is 9.97 Å². The van der Waals surface area contributed by atoms with Crippen molar-refractivity contribution in [3.63, 3.8) is 0 Å². The van der Waals surface area contributed by atoms with Gasteiger partial charge in [-0.25, -0.2) is 18.7 Å². The lowest BCUT2D eigenvalue weighted by Crippen LogP contribution is -1.99. The molecule has 0 saturated heterocycles. The minimum atomic E-state index is -2.50. The van der Waals surface area contributed by atoms with Gasteiger partial charge in [0.15, 0.2) is 0 Å². The first-order chi connectivity index (χ1) is 5.63. The molecule has 1 heterocycles. The highest BCUT2D eigenvalue weighted by atomic mass is 19.3. The van der Waals surface area contributed by atoms with E-state index in [9.17, 15) is 8.78 Å². The number of nitrogens with zero attached hydrogens (tertiary/aromatic N) is 2. The Hall–Kier alpha value is -1.06. The smallest absolute Gasteiger partial charge is 0.238 e. The lowest BCUT2D eigenvalue weighted by Gasteiger charge is -2.02. The average Bonchev–Trinajstić information content (AvgIpc) is 2.03. The van der Waals surface area contributed by atoms with Gasteiger partial charge < -0.3 is 0 Å². The molecule has 0 unspecified atom stereocenters. The molecule has 0 fully saturated rings. The normalized spacial score (nSPS) is 10.8. The van der Waals surface area contributed by atoms with E-state index >= 15 is 0 Å². The van der Waals surface area contributed by atoms with Gasteiger partial charge in [-0.3, -0.25) is 0 Å². The highest BCUT2D eigenvalue weighted by molar-refractivity contribution is 5.11. The van der Waals surface area contributed by atoms with Gasteiger partial charge in [0.2, 0.25) is 0 Å². The maximum Gasteiger partial charge on any atom is 0.280 e. The summed E-state index contributed by atoms with van der Waals surface area (Å²) in [7, 11) is 0. The number of hydrogen-bond donors (Lipinski definition) is 0. The number of halogens is 2. The molecule has 0 bridgehead atoms. The van der Waals surface area contributed by atoms with Crippen molar-refractivity contribution in [3.05, 3.63) is 23.3 Å². The SMILES string of the molecule is CCc1cc(C(F)F)nc(C)n1. The molecule has 0 radical (unpaired) electrons. The summed E-state index contributed by atoms with van der Waals surface area (Å²) in [4.78, 5) is 7.61. The Morgan fingerprint density at radius 3 is 2.58 bits per heavy atom. The summed E-state index contributed by atoms with van der Waals surface area (Å²) in [6.07, 6.45) is -1.85. The second-order valence-electron chi connectivity index (χ2n) is 2.49. The van der Waals surface area contributed by atoms with Crippen LogP contribution in [0.2, 0.25) is 0 Å². The summed E-state index contributed by atoms with van der Waals surface area (Å²) in [6, 6.07) is 1.34. The van der Waals surface area contributed by atoms with Gasteiger partial charge in [-0.05, 0) is 19.4 Å². The van der Waals surface area contributed by atoms with Crippen LogP contribution in [0.4, 0.5) is 8.78 Å². The summed E-state index contributed by atoms with van der Waals surface area (Å²) in [5.41, 5.74) is 0.483. The highest BCUT2D eigenvalue weighted by Crippen LogP contribution is 2.16. The maximum absolute atomic E-state index is 12.2. The van der Waals surface area contributed by atoms with Crippen LogP contribution in [0, 0.1) is 6.92 Å². The molecule has 1 rings (SSSR count). The molecule has 2 nitrogen and oxygen atoms in total. The number of aryl methyl sites for hydroxylation is 2. The van der Waals surface area contributed by atoms with Crippen LogP contribution >= 0.6 is 0 Å². The molecule has 1 aromatic heterocycles. The van der Waals surface area contributed by atoms with Gasteiger partial charge in [-0.2, -0.15) is 0 Å². The standard InChI is InChI=1S/C8H10F2N2/c1-3-6-4-7(8(9)10)12-5(2)11-6/h4,8H,3H2,1-2H3. The molecule has 0 aliphatic rings. The largest absolute Gasteiger partial charge is 0.280 e. The predicted octanol–water partition coefficient (Wildman–Crippen LogP) is 2.29. The zero-order valence-corrected chi connectivity index (χ0v) is 7.01. The molecule has 0 aliphatic heterocycles. The summed E-state index contributed by atoms with van der Waals surface area (Å²) in [5, 5.41) is 0. The van der Waals surface area contributed by atoms with E-state index in [0.29, 0.717) is 17.9 Å². The molecular formula is C8H10F2N2. The maximum atomic E-state index is 12.2. The minimum Gasteiger partial charge on any atom is -0.238 e. The van der Waals surface area contributed by atoms with Crippen molar-refractivity contribution in [2.75, 3.05) is 0 Å². The molecule has 0 saturated carbocycles. The number of alkyl halides is 2. The Labute approximate surface area is 69.7 Å². The molecule has 0 atom stereocenters. The number of rotatable bonds is 2. The lowest BCUT2D eigenvalue weighted by molar-refractivity contribution is 0.145. The van der Waals surface area contributed by atoms with Crippen LogP contribution < -0.4 is 0 Å². The van der Waals surface area contributed by atoms with E-state index in [4.69, 9.17) is 0 Å². The van der Waals surface area contributed by atoms with Crippen molar-refractivity contribution in [1.29, 1.82) is 0 Å². The van der Waals surface area contributed by atoms with E-state index < -0.39 is 6.43 Å². The van der Waals surface area contributed by atoms with Crippen LogP contribution in [0.5, 0.6) is 0 Å². The van der Waals surface area contributed by atoms with E-state index in [0.717, 1.165) is 0 Å².